The summed E-state index contributed by atoms with van der Waals surface area (Å²) in [5.41, 5.74) is 2.00. The molecule has 0 aliphatic heterocycles. The molecule has 174 valence electrons. The van der Waals surface area contributed by atoms with Crippen LogP contribution in [-0.4, -0.2) is 25.8 Å². The van der Waals surface area contributed by atoms with Crippen LogP contribution < -0.4 is 16.6 Å². The standard InChI is InChI=1S/C14H13FN4OS.C8H5FN2O2/c1-9(14-12(15)4-10(5-16)6-17-14)19-13(20)3-2-11-7-21-8-18-11;9-4-1-2-6-5(3-4)7(12)11-8(13)10-6/h4,6-9H,2-3H2,1H3,(H,19,20);1-3H,(H2,10,11,12,13). The second-order valence-electron chi connectivity index (χ2n) is 7.07. The van der Waals surface area contributed by atoms with Crippen molar-refractivity contribution in [3.05, 3.63) is 90.8 Å². The summed E-state index contributed by atoms with van der Waals surface area (Å²) in [6.07, 6.45) is 2.12. The monoisotopic (exact) mass is 484 g/mol. The zero-order valence-corrected chi connectivity index (χ0v) is 18.6. The number of aromatic nitrogens is 4. The number of halogens is 2. The molecule has 0 fully saturated rings. The summed E-state index contributed by atoms with van der Waals surface area (Å²) in [5.74, 6) is -1.30. The van der Waals surface area contributed by atoms with Crippen molar-refractivity contribution in [2.75, 3.05) is 0 Å². The highest BCUT2D eigenvalue weighted by atomic mass is 32.1. The fraction of sp³-hybridized carbons (Fsp3) is 0.182. The van der Waals surface area contributed by atoms with Gasteiger partial charge in [-0.2, -0.15) is 5.26 Å². The minimum Gasteiger partial charge on any atom is -0.348 e. The number of aryl methyl sites for hydroxylation is 1. The summed E-state index contributed by atoms with van der Waals surface area (Å²) < 4.78 is 26.4. The second kappa shape index (κ2) is 11.1. The van der Waals surface area contributed by atoms with Crippen molar-refractivity contribution in [2.24, 2.45) is 0 Å². The van der Waals surface area contributed by atoms with Gasteiger partial charge in [-0.3, -0.25) is 19.6 Å². The third-order valence-corrected chi connectivity index (χ3v) is 5.21. The first-order valence-electron chi connectivity index (χ1n) is 9.90. The number of nitrogens with zero attached hydrogens (tertiary/aromatic N) is 3. The first-order chi connectivity index (χ1) is 16.3. The van der Waals surface area contributed by atoms with E-state index in [-0.39, 0.29) is 29.0 Å². The number of nitriles is 1. The fourth-order valence-corrected chi connectivity index (χ4v) is 3.54. The highest BCUT2D eigenvalue weighted by molar-refractivity contribution is 7.07. The molecule has 1 aromatic carbocycles. The molecular formula is C22H18F2N6O3S. The molecule has 0 spiro atoms. The summed E-state index contributed by atoms with van der Waals surface area (Å²) >= 11 is 1.48. The minimum atomic E-state index is -0.596. The van der Waals surface area contributed by atoms with Gasteiger partial charge in [0, 0.05) is 18.0 Å². The number of benzene rings is 1. The number of pyridine rings is 1. The van der Waals surface area contributed by atoms with Crippen LogP contribution in [-0.2, 0) is 11.2 Å². The van der Waals surface area contributed by atoms with Gasteiger partial charge in [-0.15, -0.1) is 11.3 Å². The largest absolute Gasteiger partial charge is 0.348 e. The van der Waals surface area contributed by atoms with Gasteiger partial charge in [-0.05, 0) is 37.6 Å². The van der Waals surface area contributed by atoms with Crippen molar-refractivity contribution in [1.29, 1.82) is 5.26 Å². The molecule has 0 saturated heterocycles. The van der Waals surface area contributed by atoms with Gasteiger partial charge in [-0.25, -0.2) is 18.6 Å². The van der Waals surface area contributed by atoms with Crippen molar-refractivity contribution in [2.45, 2.75) is 25.8 Å². The maximum atomic E-state index is 13.8. The number of H-pyrrole nitrogens is 2. The van der Waals surface area contributed by atoms with E-state index >= 15 is 0 Å². The van der Waals surface area contributed by atoms with E-state index in [4.69, 9.17) is 5.26 Å². The number of fused-ring (bicyclic) bond motifs is 1. The van der Waals surface area contributed by atoms with Crippen LogP contribution in [0.2, 0.25) is 0 Å². The number of nitrogens with one attached hydrogen (secondary N) is 3. The predicted octanol–water partition coefficient (Wildman–Crippen LogP) is 2.71. The van der Waals surface area contributed by atoms with E-state index in [1.807, 2.05) is 16.4 Å². The van der Waals surface area contributed by atoms with E-state index in [2.05, 4.69) is 20.3 Å². The lowest BCUT2D eigenvalue weighted by Crippen LogP contribution is -2.28. The molecule has 1 amide bonds. The third kappa shape index (κ3) is 6.39. The van der Waals surface area contributed by atoms with Crippen LogP contribution >= 0.6 is 11.3 Å². The number of thiazole rings is 1. The quantitative estimate of drug-likeness (QED) is 0.397. The maximum Gasteiger partial charge on any atom is 0.326 e. The number of aromatic amines is 2. The van der Waals surface area contributed by atoms with E-state index in [1.165, 1.54) is 29.7 Å². The Morgan fingerprint density at radius 1 is 1.24 bits per heavy atom. The normalized spacial score (nSPS) is 11.2. The van der Waals surface area contributed by atoms with E-state index in [1.54, 1.807) is 12.4 Å². The Bertz CT molecular complexity index is 1460. The van der Waals surface area contributed by atoms with Gasteiger partial charge >= 0.3 is 5.69 Å². The van der Waals surface area contributed by atoms with Gasteiger partial charge < -0.3 is 10.3 Å². The molecule has 4 aromatic rings. The van der Waals surface area contributed by atoms with Crippen LogP contribution in [0.5, 0.6) is 0 Å². The van der Waals surface area contributed by atoms with Gasteiger partial charge in [0.1, 0.15) is 17.7 Å². The lowest BCUT2D eigenvalue weighted by Gasteiger charge is -2.14. The third-order valence-electron chi connectivity index (χ3n) is 4.58. The Hall–Kier alpha value is -4.24. The SMILES string of the molecule is CC(NC(=O)CCc1cscn1)c1ncc(C#N)cc1F.O=c1[nH]c(=O)c2cc(F)ccc2[nH]1. The van der Waals surface area contributed by atoms with E-state index in [0.29, 0.717) is 11.9 Å². The molecule has 3 N–H and O–H groups in total. The molecule has 34 heavy (non-hydrogen) atoms. The Kier molecular flexibility index (Phi) is 7.94. The first-order valence-corrected chi connectivity index (χ1v) is 10.8. The summed E-state index contributed by atoms with van der Waals surface area (Å²) in [6.45, 7) is 1.65. The zero-order chi connectivity index (χ0) is 24.7. The molecule has 0 bridgehead atoms. The van der Waals surface area contributed by atoms with Crippen molar-refractivity contribution in [3.63, 3.8) is 0 Å². The van der Waals surface area contributed by atoms with Crippen LogP contribution in [0.1, 0.15) is 36.3 Å². The highest BCUT2D eigenvalue weighted by Crippen LogP contribution is 2.15. The first kappa shape index (κ1) is 24.4. The Balaban J connectivity index is 0.000000212. The van der Waals surface area contributed by atoms with Crippen molar-refractivity contribution in [3.8, 4) is 6.07 Å². The number of amides is 1. The maximum absolute atomic E-state index is 13.8. The summed E-state index contributed by atoms with van der Waals surface area (Å²) in [5, 5.41) is 13.4. The molecule has 0 radical (unpaired) electrons. The fourth-order valence-electron chi connectivity index (χ4n) is 2.95. The summed E-state index contributed by atoms with van der Waals surface area (Å²) in [7, 11) is 0. The Morgan fingerprint density at radius 3 is 2.71 bits per heavy atom. The van der Waals surface area contributed by atoms with Gasteiger partial charge in [0.25, 0.3) is 5.56 Å². The van der Waals surface area contributed by atoms with Crippen LogP contribution in [0.25, 0.3) is 10.9 Å². The Morgan fingerprint density at radius 2 is 2.03 bits per heavy atom. The molecule has 0 saturated carbocycles. The number of rotatable bonds is 5. The molecule has 12 heteroatoms. The van der Waals surface area contributed by atoms with Crippen LogP contribution in [0.15, 0.2) is 50.9 Å². The average molecular weight is 484 g/mol. The van der Waals surface area contributed by atoms with Gasteiger partial charge in [0.2, 0.25) is 5.91 Å². The molecular weight excluding hydrogens is 466 g/mol. The van der Waals surface area contributed by atoms with Gasteiger partial charge in [0.05, 0.1) is 39.4 Å². The summed E-state index contributed by atoms with van der Waals surface area (Å²) in [4.78, 5) is 46.1. The topological polar surface area (TPSA) is 144 Å². The number of carbonyl (C=O) groups excluding carboxylic acids is 1. The van der Waals surface area contributed by atoms with Crippen molar-refractivity contribution >= 4 is 28.1 Å². The zero-order valence-electron chi connectivity index (χ0n) is 17.8. The lowest BCUT2D eigenvalue weighted by molar-refractivity contribution is -0.121. The average Bonchev–Trinajstić information content (AvgIpc) is 3.32. The van der Waals surface area contributed by atoms with Gasteiger partial charge in [0.15, 0.2) is 0 Å². The van der Waals surface area contributed by atoms with E-state index in [0.717, 1.165) is 17.8 Å². The molecule has 0 aliphatic carbocycles. The molecule has 1 unspecified atom stereocenters. The van der Waals surface area contributed by atoms with E-state index < -0.39 is 28.9 Å². The molecule has 3 heterocycles. The van der Waals surface area contributed by atoms with Gasteiger partial charge in [-0.1, -0.05) is 0 Å². The number of carbonyl (C=O) groups is 1. The predicted molar refractivity (Wildman–Crippen MR) is 121 cm³/mol. The molecule has 9 nitrogen and oxygen atoms in total. The van der Waals surface area contributed by atoms with Crippen molar-refractivity contribution in [1.82, 2.24) is 25.3 Å². The molecule has 0 aliphatic rings. The Labute approximate surface area is 195 Å². The molecule has 1 atom stereocenters. The summed E-state index contributed by atoms with van der Waals surface area (Å²) in [6, 6.07) is 5.97. The van der Waals surface area contributed by atoms with E-state index in [9.17, 15) is 23.2 Å². The molecule has 3 aromatic heterocycles. The molecule has 4 rings (SSSR count). The van der Waals surface area contributed by atoms with Crippen LogP contribution in [0, 0.1) is 23.0 Å². The van der Waals surface area contributed by atoms with Crippen molar-refractivity contribution < 1.29 is 13.6 Å². The number of hydrogen-bond donors (Lipinski definition) is 3. The lowest BCUT2D eigenvalue weighted by atomic mass is 10.1. The smallest absolute Gasteiger partial charge is 0.326 e. The highest BCUT2D eigenvalue weighted by Gasteiger charge is 2.16. The second-order valence-corrected chi connectivity index (χ2v) is 7.79. The minimum absolute atomic E-state index is 0.121. The van der Waals surface area contributed by atoms with Crippen LogP contribution in [0.3, 0.4) is 0 Å². The number of hydrogen-bond acceptors (Lipinski definition) is 7. The van der Waals surface area contributed by atoms with Crippen LogP contribution in [0.4, 0.5) is 8.78 Å².